The molecule has 0 unspecified atom stereocenters. The summed E-state index contributed by atoms with van der Waals surface area (Å²) in [6.07, 6.45) is 3.45. The number of likely N-dealkylation sites (tertiary alicyclic amines) is 1. The van der Waals surface area contributed by atoms with Crippen molar-refractivity contribution in [2.75, 3.05) is 20.1 Å². The molecule has 0 bridgehead atoms. The zero-order chi connectivity index (χ0) is 17.4. The van der Waals surface area contributed by atoms with Crippen LogP contribution in [-0.4, -0.2) is 46.1 Å². The number of halogens is 1. The molecular formula is C19H25FN4O. The molecule has 1 aromatic carbocycles. The third kappa shape index (κ3) is 3.75. The number of benzene rings is 1. The Labute approximate surface area is 147 Å². The highest BCUT2D eigenvalue weighted by atomic mass is 19.1. The van der Waals surface area contributed by atoms with E-state index in [2.05, 4.69) is 33.9 Å². The van der Waals surface area contributed by atoms with Crippen molar-refractivity contribution in [3.8, 4) is 0 Å². The van der Waals surface area contributed by atoms with Crippen molar-refractivity contribution >= 4 is 0 Å². The van der Waals surface area contributed by atoms with Crippen LogP contribution in [0.3, 0.4) is 0 Å². The van der Waals surface area contributed by atoms with E-state index in [4.69, 9.17) is 4.52 Å². The van der Waals surface area contributed by atoms with E-state index in [9.17, 15) is 4.39 Å². The lowest BCUT2D eigenvalue weighted by atomic mass is 10.1. The first-order chi connectivity index (χ1) is 12.1. The SMILES string of the molecule is C[C@@H](c1cccc(F)c1)N1CC[C@H](N(C)Cc2noc(C3CC3)n2)C1. The predicted octanol–water partition coefficient (Wildman–Crippen LogP) is 3.35. The summed E-state index contributed by atoms with van der Waals surface area (Å²) in [5, 5.41) is 4.12. The number of aromatic nitrogens is 2. The van der Waals surface area contributed by atoms with E-state index < -0.39 is 0 Å². The van der Waals surface area contributed by atoms with Gasteiger partial charge in [-0.3, -0.25) is 9.80 Å². The Morgan fingerprint density at radius 1 is 1.36 bits per heavy atom. The Balaban J connectivity index is 1.34. The summed E-state index contributed by atoms with van der Waals surface area (Å²) in [7, 11) is 2.12. The van der Waals surface area contributed by atoms with Crippen molar-refractivity contribution in [3.63, 3.8) is 0 Å². The average molecular weight is 344 g/mol. The van der Waals surface area contributed by atoms with Crippen molar-refractivity contribution in [1.82, 2.24) is 19.9 Å². The van der Waals surface area contributed by atoms with Crippen LogP contribution in [0.5, 0.6) is 0 Å². The van der Waals surface area contributed by atoms with Gasteiger partial charge < -0.3 is 4.52 Å². The summed E-state index contributed by atoms with van der Waals surface area (Å²) in [6, 6.07) is 7.61. The highest BCUT2D eigenvalue weighted by molar-refractivity contribution is 5.20. The molecule has 2 fully saturated rings. The molecule has 4 rings (SSSR count). The summed E-state index contributed by atoms with van der Waals surface area (Å²) in [6.45, 7) is 4.86. The van der Waals surface area contributed by atoms with E-state index >= 15 is 0 Å². The maximum Gasteiger partial charge on any atom is 0.229 e. The number of nitrogens with zero attached hydrogens (tertiary/aromatic N) is 4. The molecule has 2 atom stereocenters. The fourth-order valence-electron chi connectivity index (χ4n) is 3.64. The molecule has 5 nitrogen and oxygen atoms in total. The molecule has 1 aliphatic carbocycles. The highest BCUT2D eigenvalue weighted by Gasteiger charge is 2.32. The lowest BCUT2D eigenvalue weighted by molar-refractivity contribution is 0.198. The zero-order valence-corrected chi connectivity index (χ0v) is 14.9. The fourth-order valence-corrected chi connectivity index (χ4v) is 3.64. The van der Waals surface area contributed by atoms with E-state index in [1.165, 1.54) is 18.9 Å². The van der Waals surface area contributed by atoms with Gasteiger partial charge in [-0.25, -0.2) is 4.39 Å². The first kappa shape index (κ1) is 16.7. The highest BCUT2D eigenvalue weighted by Crippen LogP contribution is 2.38. The van der Waals surface area contributed by atoms with Crippen molar-refractivity contribution in [2.45, 2.75) is 50.7 Å². The van der Waals surface area contributed by atoms with Crippen LogP contribution in [0.4, 0.5) is 4.39 Å². The van der Waals surface area contributed by atoms with E-state index in [1.807, 2.05) is 6.07 Å². The summed E-state index contributed by atoms with van der Waals surface area (Å²) in [5.74, 6) is 1.92. The average Bonchev–Trinajstić information content (AvgIpc) is 3.15. The lowest BCUT2D eigenvalue weighted by Gasteiger charge is -2.27. The van der Waals surface area contributed by atoms with Gasteiger partial charge in [0.15, 0.2) is 5.82 Å². The van der Waals surface area contributed by atoms with Crippen LogP contribution in [0.2, 0.25) is 0 Å². The minimum Gasteiger partial charge on any atom is -0.339 e. The number of rotatable bonds is 6. The molecule has 134 valence electrons. The maximum atomic E-state index is 13.5. The summed E-state index contributed by atoms with van der Waals surface area (Å²) >= 11 is 0. The van der Waals surface area contributed by atoms with E-state index in [-0.39, 0.29) is 11.9 Å². The second-order valence-electron chi connectivity index (χ2n) is 7.41. The Morgan fingerprint density at radius 2 is 2.20 bits per heavy atom. The van der Waals surface area contributed by atoms with Gasteiger partial charge in [-0.1, -0.05) is 17.3 Å². The molecule has 1 aromatic heterocycles. The van der Waals surface area contributed by atoms with Gasteiger partial charge in [-0.2, -0.15) is 4.98 Å². The van der Waals surface area contributed by atoms with Crippen molar-refractivity contribution in [2.24, 2.45) is 0 Å². The van der Waals surface area contributed by atoms with Crippen LogP contribution in [0.1, 0.15) is 55.4 Å². The smallest absolute Gasteiger partial charge is 0.229 e. The molecule has 2 aromatic rings. The predicted molar refractivity (Wildman–Crippen MR) is 92.5 cm³/mol. The quantitative estimate of drug-likeness (QED) is 0.804. The van der Waals surface area contributed by atoms with Gasteiger partial charge in [0.2, 0.25) is 5.89 Å². The molecule has 1 saturated carbocycles. The summed E-state index contributed by atoms with van der Waals surface area (Å²) in [5.41, 5.74) is 1.04. The molecule has 2 aliphatic rings. The third-order valence-electron chi connectivity index (χ3n) is 5.50. The van der Waals surface area contributed by atoms with Crippen LogP contribution < -0.4 is 0 Å². The largest absolute Gasteiger partial charge is 0.339 e. The number of hydrogen-bond acceptors (Lipinski definition) is 5. The second-order valence-corrected chi connectivity index (χ2v) is 7.41. The van der Waals surface area contributed by atoms with E-state index in [1.54, 1.807) is 12.1 Å². The summed E-state index contributed by atoms with van der Waals surface area (Å²) < 4.78 is 18.8. The van der Waals surface area contributed by atoms with Gasteiger partial charge in [-0.15, -0.1) is 0 Å². The first-order valence-electron chi connectivity index (χ1n) is 9.12. The van der Waals surface area contributed by atoms with Crippen LogP contribution in [0.25, 0.3) is 0 Å². The maximum absolute atomic E-state index is 13.5. The van der Waals surface area contributed by atoms with Gasteiger partial charge in [-0.05, 0) is 50.9 Å². The molecule has 0 spiro atoms. The van der Waals surface area contributed by atoms with Crippen LogP contribution in [0.15, 0.2) is 28.8 Å². The monoisotopic (exact) mass is 344 g/mol. The van der Waals surface area contributed by atoms with E-state index in [0.29, 0.717) is 18.5 Å². The number of likely N-dealkylation sites (N-methyl/N-ethyl adjacent to an activating group) is 1. The van der Waals surface area contributed by atoms with Gasteiger partial charge in [0.25, 0.3) is 0 Å². The van der Waals surface area contributed by atoms with Crippen LogP contribution in [0, 0.1) is 5.82 Å². The molecule has 1 aliphatic heterocycles. The molecule has 2 heterocycles. The molecule has 6 heteroatoms. The van der Waals surface area contributed by atoms with Crippen molar-refractivity contribution < 1.29 is 8.91 Å². The summed E-state index contributed by atoms with van der Waals surface area (Å²) in [4.78, 5) is 9.24. The van der Waals surface area contributed by atoms with Crippen molar-refractivity contribution in [1.29, 1.82) is 0 Å². The first-order valence-corrected chi connectivity index (χ1v) is 9.12. The Morgan fingerprint density at radius 3 is 2.96 bits per heavy atom. The zero-order valence-electron chi connectivity index (χ0n) is 14.9. The van der Waals surface area contributed by atoms with Crippen LogP contribution >= 0.6 is 0 Å². The van der Waals surface area contributed by atoms with E-state index in [0.717, 1.165) is 36.8 Å². The topological polar surface area (TPSA) is 45.4 Å². The second kappa shape index (κ2) is 6.84. The van der Waals surface area contributed by atoms with Gasteiger partial charge in [0.1, 0.15) is 5.82 Å². The molecule has 25 heavy (non-hydrogen) atoms. The Hall–Kier alpha value is -1.79. The number of hydrogen-bond donors (Lipinski definition) is 0. The molecule has 1 saturated heterocycles. The standard InChI is InChI=1S/C19H25FN4O/c1-13(15-4-3-5-16(20)10-15)24-9-8-17(11-24)23(2)12-18-21-19(25-22-18)14-6-7-14/h3-5,10,13-14,17H,6-9,11-12H2,1-2H3/t13-,17-/m0/s1. The minimum absolute atomic E-state index is 0.166. The van der Waals surface area contributed by atoms with Gasteiger partial charge >= 0.3 is 0 Å². The normalized spacial score (nSPS) is 22.6. The van der Waals surface area contributed by atoms with Gasteiger partial charge in [0, 0.05) is 31.1 Å². The Bertz CT molecular complexity index is 730. The van der Waals surface area contributed by atoms with Crippen LogP contribution in [-0.2, 0) is 6.54 Å². The fraction of sp³-hybridized carbons (Fsp3) is 0.579. The molecule has 0 N–H and O–H groups in total. The lowest BCUT2D eigenvalue weighted by Crippen LogP contribution is -2.35. The molecular weight excluding hydrogens is 319 g/mol. The molecule has 0 amide bonds. The molecule has 0 radical (unpaired) electrons. The van der Waals surface area contributed by atoms with Crippen molar-refractivity contribution in [3.05, 3.63) is 47.4 Å². The minimum atomic E-state index is -0.166. The third-order valence-corrected chi connectivity index (χ3v) is 5.50. The van der Waals surface area contributed by atoms with Gasteiger partial charge in [0.05, 0.1) is 6.54 Å². The Kier molecular flexibility index (Phi) is 4.56.